The maximum Gasteiger partial charge on any atom is 0.573 e. The molecule has 31 heavy (non-hydrogen) atoms. The lowest BCUT2D eigenvalue weighted by Gasteiger charge is -2.12. The summed E-state index contributed by atoms with van der Waals surface area (Å²) < 4.78 is 91.1. The molecule has 1 aromatic heterocycles. The SMILES string of the molecule is FC(F)(F)Oc1ccc2oc(C3OC(c4ccc(C(F)(F)F)cc4)=NC34CC4)nc2c1. The normalized spacial score (nSPS) is 20.1. The Kier molecular flexibility index (Phi) is 4.06. The lowest BCUT2D eigenvalue weighted by Crippen LogP contribution is -2.17. The minimum Gasteiger partial charge on any atom is -0.461 e. The smallest absolute Gasteiger partial charge is 0.461 e. The summed E-state index contributed by atoms with van der Waals surface area (Å²) in [6.07, 6.45) is -8.71. The van der Waals surface area contributed by atoms with Crippen LogP contribution in [0.5, 0.6) is 5.75 Å². The first kappa shape index (κ1) is 19.7. The maximum absolute atomic E-state index is 12.8. The van der Waals surface area contributed by atoms with Crippen LogP contribution < -0.4 is 4.74 Å². The monoisotopic (exact) mass is 442 g/mol. The van der Waals surface area contributed by atoms with E-state index in [1.54, 1.807) is 0 Å². The molecule has 11 heteroatoms. The van der Waals surface area contributed by atoms with Gasteiger partial charge in [-0.25, -0.2) is 9.98 Å². The molecule has 1 unspecified atom stereocenters. The Bertz CT molecular complexity index is 1180. The number of benzene rings is 2. The van der Waals surface area contributed by atoms with Gasteiger partial charge in [-0.3, -0.25) is 0 Å². The Morgan fingerprint density at radius 1 is 0.968 bits per heavy atom. The molecule has 1 fully saturated rings. The van der Waals surface area contributed by atoms with Crippen LogP contribution >= 0.6 is 0 Å². The van der Waals surface area contributed by atoms with Crippen molar-refractivity contribution >= 4 is 17.0 Å². The minimum absolute atomic E-state index is 0.127. The molecule has 0 radical (unpaired) electrons. The van der Waals surface area contributed by atoms with Crippen LogP contribution in [0.3, 0.4) is 0 Å². The molecule has 1 aliphatic carbocycles. The number of hydrogen-bond donors (Lipinski definition) is 0. The summed E-state index contributed by atoms with van der Waals surface area (Å²) in [7, 11) is 0. The maximum atomic E-state index is 12.8. The van der Waals surface area contributed by atoms with Gasteiger partial charge in [0.1, 0.15) is 16.8 Å². The molecule has 1 aliphatic heterocycles. The van der Waals surface area contributed by atoms with Crippen molar-refractivity contribution in [2.45, 2.75) is 37.0 Å². The van der Waals surface area contributed by atoms with Crippen molar-refractivity contribution in [3.63, 3.8) is 0 Å². The van der Waals surface area contributed by atoms with Crippen molar-refractivity contribution in [3.8, 4) is 5.75 Å². The number of rotatable bonds is 3. The van der Waals surface area contributed by atoms with Crippen LogP contribution in [0, 0.1) is 0 Å². The van der Waals surface area contributed by atoms with Crippen molar-refractivity contribution < 1.29 is 40.2 Å². The molecule has 5 nitrogen and oxygen atoms in total. The highest BCUT2D eigenvalue weighted by Crippen LogP contribution is 2.55. The molecular weight excluding hydrogens is 430 g/mol. The third kappa shape index (κ3) is 3.68. The molecule has 2 aromatic carbocycles. The van der Waals surface area contributed by atoms with Crippen LogP contribution in [0.15, 0.2) is 51.9 Å². The second-order valence-electron chi connectivity index (χ2n) is 7.32. The first-order chi connectivity index (χ1) is 14.5. The number of aromatic nitrogens is 1. The van der Waals surface area contributed by atoms with E-state index in [0.29, 0.717) is 18.4 Å². The van der Waals surface area contributed by atoms with E-state index >= 15 is 0 Å². The van der Waals surface area contributed by atoms with Gasteiger partial charge in [-0.05, 0) is 49.2 Å². The predicted molar refractivity (Wildman–Crippen MR) is 94.5 cm³/mol. The zero-order chi connectivity index (χ0) is 22.0. The highest BCUT2D eigenvalue weighted by Gasteiger charge is 2.58. The molecule has 1 saturated carbocycles. The van der Waals surface area contributed by atoms with Crippen LogP contribution in [0.4, 0.5) is 26.3 Å². The summed E-state index contributed by atoms with van der Waals surface area (Å²) in [4.78, 5) is 8.76. The Morgan fingerprint density at radius 3 is 2.29 bits per heavy atom. The molecular formula is C20H12F6N2O3. The van der Waals surface area contributed by atoms with Crippen molar-refractivity contribution in [1.82, 2.24) is 4.98 Å². The lowest BCUT2D eigenvalue weighted by atomic mass is 10.1. The molecule has 162 valence electrons. The van der Waals surface area contributed by atoms with Crippen molar-refractivity contribution in [2.75, 3.05) is 0 Å². The molecule has 2 heterocycles. The third-order valence-electron chi connectivity index (χ3n) is 5.10. The fourth-order valence-corrected chi connectivity index (χ4v) is 3.46. The van der Waals surface area contributed by atoms with Gasteiger partial charge in [0.05, 0.1) is 5.56 Å². The fourth-order valence-electron chi connectivity index (χ4n) is 3.46. The van der Waals surface area contributed by atoms with Gasteiger partial charge in [0.15, 0.2) is 5.58 Å². The van der Waals surface area contributed by atoms with Gasteiger partial charge in [0, 0.05) is 11.6 Å². The number of alkyl halides is 6. The molecule has 0 N–H and O–H groups in total. The second-order valence-corrected chi connectivity index (χ2v) is 7.32. The second kappa shape index (κ2) is 6.38. The fraction of sp³-hybridized carbons (Fsp3) is 0.300. The molecule has 1 atom stereocenters. The highest BCUT2D eigenvalue weighted by atomic mass is 19.4. The van der Waals surface area contributed by atoms with Gasteiger partial charge in [-0.2, -0.15) is 13.2 Å². The van der Waals surface area contributed by atoms with Crippen molar-refractivity contribution in [3.05, 3.63) is 59.5 Å². The van der Waals surface area contributed by atoms with Gasteiger partial charge in [-0.1, -0.05) is 0 Å². The standard InChI is InChI=1S/C20H12F6N2O3/c21-19(22,23)11-3-1-10(2-4-11)16-28-18(7-8-18)15(30-16)17-27-13-9-12(31-20(24,25)26)5-6-14(13)29-17/h1-6,9,15H,7-8H2. The quantitative estimate of drug-likeness (QED) is 0.482. The van der Waals surface area contributed by atoms with Crippen LogP contribution in [-0.2, 0) is 10.9 Å². The van der Waals surface area contributed by atoms with E-state index in [9.17, 15) is 26.3 Å². The van der Waals surface area contributed by atoms with Gasteiger partial charge in [0.25, 0.3) is 0 Å². The zero-order valence-electron chi connectivity index (χ0n) is 15.4. The van der Waals surface area contributed by atoms with E-state index in [0.717, 1.165) is 24.3 Å². The Balaban J connectivity index is 1.41. The summed E-state index contributed by atoms with van der Waals surface area (Å²) in [6, 6.07) is 7.93. The lowest BCUT2D eigenvalue weighted by molar-refractivity contribution is -0.274. The first-order valence-corrected chi connectivity index (χ1v) is 9.13. The van der Waals surface area contributed by atoms with E-state index in [4.69, 9.17) is 9.15 Å². The van der Waals surface area contributed by atoms with Crippen LogP contribution in [0.1, 0.15) is 36.0 Å². The molecule has 0 saturated heterocycles. The number of nitrogens with zero attached hydrogens (tertiary/aromatic N) is 2. The molecule has 1 spiro atoms. The molecule has 5 rings (SSSR count). The largest absolute Gasteiger partial charge is 0.573 e. The molecule has 3 aromatic rings. The number of halogens is 6. The van der Waals surface area contributed by atoms with Crippen LogP contribution in [-0.4, -0.2) is 22.8 Å². The number of aliphatic imine (C=N–C) groups is 1. The van der Waals surface area contributed by atoms with Gasteiger partial charge in [0.2, 0.25) is 17.9 Å². The van der Waals surface area contributed by atoms with E-state index in [1.165, 1.54) is 18.2 Å². The number of fused-ring (bicyclic) bond motifs is 1. The highest BCUT2D eigenvalue weighted by molar-refractivity contribution is 5.96. The van der Waals surface area contributed by atoms with E-state index < -0.39 is 35.5 Å². The minimum atomic E-state index is -4.84. The third-order valence-corrected chi connectivity index (χ3v) is 5.10. The van der Waals surface area contributed by atoms with Gasteiger partial charge < -0.3 is 13.9 Å². The average molecular weight is 442 g/mol. The molecule has 0 amide bonds. The molecule has 2 aliphatic rings. The summed E-state index contributed by atoms with van der Waals surface area (Å²) in [5, 5.41) is 0. The summed E-state index contributed by atoms with van der Waals surface area (Å²) in [5.74, 6) is -0.142. The molecule has 0 bridgehead atoms. The van der Waals surface area contributed by atoms with E-state index in [1.807, 2.05) is 0 Å². The van der Waals surface area contributed by atoms with E-state index in [2.05, 4.69) is 14.7 Å². The summed E-state index contributed by atoms with van der Waals surface area (Å²) in [6.45, 7) is 0. The topological polar surface area (TPSA) is 56.9 Å². The Morgan fingerprint density at radius 2 is 1.68 bits per heavy atom. The van der Waals surface area contributed by atoms with Crippen molar-refractivity contribution in [1.29, 1.82) is 0 Å². The van der Waals surface area contributed by atoms with Crippen LogP contribution in [0.2, 0.25) is 0 Å². The van der Waals surface area contributed by atoms with Crippen molar-refractivity contribution in [2.24, 2.45) is 4.99 Å². The first-order valence-electron chi connectivity index (χ1n) is 9.13. The Labute approximate surface area is 170 Å². The average Bonchev–Trinajstić information content (AvgIpc) is 3.16. The zero-order valence-corrected chi connectivity index (χ0v) is 15.4. The predicted octanol–water partition coefficient (Wildman–Crippen LogP) is 5.80. The van der Waals surface area contributed by atoms with Crippen LogP contribution in [0.25, 0.3) is 11.1 Å². The number of ether oxygens (including phenoxy) is 2. The Hall–Kier alpha value is -3.24. The van der Waals surface area contributed by atoms with Gasteiger partial charge >= 0.3 is 12.5 Å². The number of oxazole rings is 1. The van der Waals surface area contributed by atoms with E-state index in [-0.39, 0.29) is 22.9 Å². The number of hydrogen-bond acceptors (Lipinski definition) is 5. The summed E-state index contributed by atoms with van der Waals surface area (Å²) in [5.41, 5.74) is -0.669. The summed E-state index contributed by atoms with van der Waals surface area (Å²) >= 11 is 0. The van der Waals surface area contributed by atoms with Gasteiger partial charge in [-0.15, -0.1) is 13.2 Å².